The number of thioether (sulfide) groups is 1. The number of carbonyl (C=O) groups is 1. The van der Waals surface area contributed by atoms with Gasteiger partial charge in [-0.2, -0.15) is 0 Å². The van der Waals surface area contributed by atoms with Gasteiger partial charge in [0.15, 0.2) is 0 Å². The number of aromatic nitrogens is 3. The molecule has 1 rings (SSSR count). The first-order chi connectivity index (χ1) is 7.63. The second-order valence-electron chi connectivity index (χ2n) is 3.20. The van der Waals surface area contributed by atoms with Crippen molar-refractivity contribution in [3.05, 3.63) is 5.82 Å². The Kier molecular flexibility index (Phi) is 5.27. The lowest BCUT2D eigenvalue weighted by Gasteiger charge is -2.08. The monoisotopic (exact) mass is 244 g/mol. The molecular formula is C9H16N4O2S. The minimum atomic E-state index is -0.563. The second-order valence-corrected chi connectivity index (χ2v) is 4.26. The largest absolute Gasteiger partial charge is 0.465 e. The van der Waals surface area contributed by atoms with E-state index in [-0.39, 0.29) is 5.97 Å². The molecule has 6 nitrogen and oxygen atoms in total. The molecule has 0 saturated heterocycles. The molecule has 0 spiro atoms. The number of ether oxygens (including phenoxy) is 1. The van der Waals surface area contributed by atoms with Crippen LogP contribution in [0.3, 0.4) is 0 Å². The van der Waals surface area contributed by atoms with Crippen LogP contribution in [0.25, 0.3) is 0 Å². The normalized spacial score (nSPS) is 12.4. The van der Waals surface area contributed by atoms with E-state index in [9.17, 15) is 4.79 Å². The summed E-state index contributed by atoms with van der Waals surface area (Å²) in [6, 6.07) is -0.563. The Morgan fingerprint density at radius 2 is 2.44 bits per heavy atom. The number of aromatic amines is 1. The standard InChI is InChI=1S/C9H16N4O2S/c1-3-15-8(14)7(10)4-5-16-9-11-6(2)12-13-9/h7H,3-5,10H2,1-2H3,(H,11,12,13). The molecule has 90 valence electrons. The van der Waals surface area contributed by atoms with Crippen LogP contribution in [0.15, 0.2) is 5.16 Å². The van der Waals surface area contributed by atoms with Crippen molar-refractivity contribution < 1.29 is 9.53 Å². The molecule has 0 fully saturated rings. The van der Waals surface area contributed by atoms with Crippen LogP contribution in [0.2, 0.25) is 0 Å². The molecule has 1 atom stereocenters. The van der Waals surface area contributed by atoms with Gasteiger partial charge >= 0.3 is 5.97 Å². The Bertz CT molecular complexity index is 342. The number of rotatable bonds is 6. The van der Waals surface area contributed by atoms with E-state index in [0.717, 1.165) is 5.82 Å². The van der Waals surface area contributed by atoms with Gasteiger partial charge in [0.2, 0.25) is 5.16 Å². The Morgan fingerprint density at radius 1 is 1.69 bits per heavy atom. The quantitative estimate of drug-likeness (QED) is 0.558. The van der Waals surface area contributed by atoms with Crippen LogP contribution >= 0.6 is 11.8 Å². The minimum Gasteiger partial charge on any atom is -0.465 e. The van der Waals surface area contributed by atoms with Crippen molar-refractivity contribution in [3.63, 3.8) is 0 Å². The number of hydrogen-bond donors (Lipinski definition) is 2. The fourth-order valence-corrected chi connectivity index (χ4v) is 1.90. The molecule has 0 amide bonds. The van der Waals surface area contributed by atoms with Crippen LogP contribution in [-0.4, -0.2) is 39.6 Å². The summed E-state index contributed by atoms with van der Waals surface area (Å²) in [4.78, 5) is 15.3. The summed E-state index contributed by atoms with van der Waals surface area (Å²) >= 11 is 1.46. The first-order valence-electron chi connectivity index (χ1n) is 5.07. The fourth-order valence-electron chi connectivity index (χ4n) is 1.03. The molecule has 0 saturated carbocycles. The molecule has 1 heterocycles. The Morgan fingerprint density at radius 3 is 3.00 bits per heavy atom. The molecular weight excluding hydrogens is 228 g/mol. The average Bonchev–Trinajstić information content (AvgIpc) is 2.64. The predicted octanol–water partition coefficient (Wildman–Crippen LogP) is 0.486. The van der Waals surface area contributed by atoms with Crippen molar-refractivity contribution in [1.29, 1.82) is 0 Å². The molecule has 0 aliphatic heterocycles. The summed E-state index contributed by atoms with van der Waals surface area (Å²) in [6.45, 7) is 3.96. The van der Waals surface area contributed by atoms with Gasteiger partial charge in [-0.05, 0) is 20.3 Å². The van der Waals surface area contributed by atoms with Gasteiger partial charge in [0.1, 0.15) is 11.9 Å². The Labute approximate surface area is 98.3 Å². The van der Waals surface area contributed by atoms with Crippen molar-refractivity contribution in [2.75, 3.05) is 12.4 Å². The second kappa shape index (κ2) is 6.49. The van der Waals surface area contributed by atoms with E-state index in [1.807, 2.05) is 6.92 Å². The van der Waals surface area contributed by atoms with Gasteiger partial charge in [-0.25, -0.2) is 4.98 Å². The SMILES string of the molecule is CCOC(=O)C(N)CCSc1n[nH]c(C)n1. The smallest absolute Gasteiger partial charge is 0.322 e. The topological polar surface area (TPSA) is 93.9 Å². The lowest BCUT2D eigenvalue weighted by molar-refractivity contribution is -0.144. The predicted molar refractivity (Wildman–Crippen MR) is 61.1 cm³/mol. The summed E-state index contributed by atoms with van der Waals surface area (Å²) in [5.41, 5.74) is 5.64. The maximum Gasteiger partial charge on any atom is 0.322 e. The van der Waals surface area contributed by atoms with Crippen molar-refractivity contribution in [2.45, 2.75) is 31.5 Å². The zero-order chi connectivity index (χ0) is 12.0. The molecule has 0 aliphatic carbocycles. The molecule has 0 bridgehead atoms. The van der Waals surface area contributed by atoms with E-state index in [0.29, 0.717) is 23.9 Å². The van der Waals surface area contributed by atoms with Gasteiger partial charge in [-0.1, -0.05) is 11.8 Å². The van der Waals surface area contributed by atoms with Crippen LogP contribution in [-0.2, 0) is 9.53 Å². The Hall–Kier alpha value is -1.08. The lowest BCUT2D eigenvalue weighted by Crippen LogP contribution is -2.32. The molecule has 3 N–H and O–H groups in total. The highest BCUT2D eigenvalue weighted by molar-refractivity contribution is 7.99. The van der Waals surface area contributed by atoms with Crippen molar-refractivity contribution in [2.24, 2.45) is 5.73 Å². The van der Waals surface area contributed by atoms with Crippen molar-refractivity contribution in [3.8, 4) is 0 Å². The molecule has 1 unspecified atom stereocenters. The van der Waals surface area contributed by atoms with Crippen LogP contribution in [0.5, 0.6) is 0 Å². The number of carbonyl (C=O) groups excluding carboxylic acids is 1. The lowest BCUT2D eigenvalue weighted by atomic mass is 10.2. The molecule has 0 aliphatic rings. The first-order valence-corrected chi connectivity index (χ1v) is 6.06. The molecule has 1 aromatic heterocycles. The molecule has 7 heteroatoms. The zero-order valence-corrected chi connectivity index (χ0v) is 10.2. The van der Waals surface area contributed by atoms with Crippen LogP contribution < -0.4 is 5.73 Å². The summed E-state index contributed by atoms with van der Waals surface area (Å²) in [7, 11) is 0. The number of nitrogens with two attached hydrogens (primary N) is 1. The average molecular weight is 244 g/mol. The van der Waals surface area contributed by atoms with Crippen molar-refractivity contribution in [1.82, 2.24) is 15.2 Å². The number of hydrogen-bond acceptors (Lipinski definition) is 6. The van der Waals surface area contributed by atoms with E-state index < -0.39 is 6.04 Å². The highest BCUT2D eigenvalue weighted by Crippen LogP contribution is 2.13. The highest BCUT2D eigenvalue weighted by Gasteiger charge is 2.14. The maximum atomic E-state index is 11.2. The first kappa shape index (κ1) is 13.0. The third kappa shape index (κ3) is 4.19. The maximum absolute atomic E-state index is 11.2. The number of nitrogens with one attached hydrogen (secondary N) is 1. The highest BCUT2D eigenvalue weighted by atomic mass is 32.2. The zero-order valence-electron chi connectivity index (χ0n) is 9.40. The van der Waals surface area contributed by atoms with Gasteiger partial charge in [-0.3, -0.25) is 9.89 Å². The van der Waals surface area contributed by atoms with Gasteiger partial charge < -0.3 is 10.5 Å². The third-order valence-electron chi connectivity index (χ3n) is 1.83. The van der Waals surface area contributed by atoms with Gasteiger partial charge in [0, 0.05) is 5.75 Å². The van der Waals surface area contributed by atoms with E-state index in [4.69, 9.17) is 10.5 Å². The molecule has 16 heavy (non-hydrogen) atoms. The number of nitrogens with zero attached hydrogens (tertiary/aromatic N) is 2. The van der Waals surface area contributed by atoms with E-state index >= 15 is 0 Å². The van der Waals surface area contributed by atoms with E-state index in [1.165, 1.54) is 11.8 Å². The summed E-state index contributed by atoms with van der Waals surface area (Å²) < 4.78 is 4.80. The van der Waals surface area contributed by atoms with Gasteiger partial charge in [0.05, 0.1) is 6.61 Å². The van der Waals surface area contributed by atoms with Crippen LogP contribution in [0.1, 0.15) is 19.2 Å². The van der Waals surface area contributed by atoms with Crippen molar-refractivity contribution >= 4 is 17.7 Å². The van der Waals surface area contributed by atoms with Gasteiger partial charge in [0.25, 0.3) is 0 Å². The molecule has 0 radical (unpaired) electrons. The summed E-state index contributed by atoms with van der Waals surface area (Å²) in [5, 5.41) is 7.38. The van der Waals surface area contributed by atoms with Crippen LogP contribution in [0.4, 0.5) is 0 Å². The molecule has 0 aromatic carbocycles. The van der Waals surface area contributed by atoms with E-state index in [2.05, 4.69) is 15.2 Å². The fraction of sp³-hybridized carbons (Fsp3) is 0.667. The summed E-state index contributed by atoms with van der Waals surface area (Å²) in [5.74, 6) is 1.11. The van der Waals surface area contributed by atoms with Gasteiger partial charge in [-0.15, -0.1) is 5.10 Å². The third-order valence-corrected chi connectivity index (χ3v) is 2.71. The number of esters is 1. The molecule has 1 aromatic rings. The Balaban J connectivity index is 2.22. The van der Waals surface area contributed by atoms with E-state index in [1.54, 1.807) is 6.92 Å². The summed E-state index contributed by atoms with van der Waals surface area (Å²) in [6.07, 6.45) is 0.553. The minimum absolute atomic E-state index is 0.353. The number of H-pyrrole nitrogens is 1. The van der Waals surface area contributed by atoms with Crippen LogP contribution in [0, 0.1) is 6.92 Å². The number of aryl methyl sites for hydroxylation is 1.